The highest BCUT2D eigenvalue weighted by Crippen LogP contribution is 2.23. The van der Waals surface area contributed by atoms with Gasteiger partial charge in [-0.05, 0) is 41.1 Å². The van der Waals surface area contributed by atoms with Crippen LogP contribution in [-0.4, -0.2) is 16.9 Å². The van der Waals surface area contributed by atoms with Gasteiger partial charge >= 0.3 is 0 Å². The number of thiophene rings is 1. The zero-order chi connectivity index (χ0) is 13.8. The van der Waals surface area contributed by atoms with Crippen LogP contribution in [0.4, 0.5) is 5.69 Å². The Hall–Kier alpha value is -1.43. The zero-order valence-electron chi connectivity index (χ0n) is 10.4. The second-order valence-corrected chi connectivity index (χ2v) is 5.52. The van der Waals surface area contributed by atoms with Crippen molar-refractivity contribution in [2.45, 2.75) is 13.1 Å². The second-order valence-electron chi connectivity index (χ2n) is 4.34. The van der Waals surface area contributed by atoms with E-state index in [4.69, 9.17) is 11.6 Å². The summed E-state index contributed by atoms with van der Waals surface area (Å²) in [4.78, 5) is 12.4. The van der Waals surface area contributed by atoms with Gasteiger partial charge in [0.05, 0.1) is 4.92 Å². The standard InChI is InChI=1S/C13H13ClN2O2S/c1-15(7-10-4-5-19-9-10)8-11-6-12(16(17)18)2-3-13(11)14/h2-6,9H,7-8H2,1H3. The summed E-state index contributed by atoms with van der Waals surface area (Å²) in [6.07, 6.45) is 0. The van der Waals surface area contributed by atoms with Crippen LogP contribution in [0.5, 0.6) is 0 Å². The number of nitro benzene ring substituents is 1. The van der Waals surface area contributed by atoms with Crippen molar-refractivity contribution in [2.24, 2.45) is 0 Å². The van der Waals surface area contributed by atoms with Crippen molar-refractivity contribution in [2.75, 3.05) is 7.05 Å². The molecule has 1 aromatic carbocycles. The van der Waals surface area contributed by atoms with E-state index >= 15 is 0 Å². The van der Waals surface area contributed by atoms with Crippen molar-refractivity contribution in [1.29, 1.82) is 0 Å². The largest absolute Gasteiger partial charge is 0.298 e. The van der Waals surface area contributed by atoms with Crippen molar-refractivity contribution in [3.63, 3.8) is 0 Å². The Morgan fingerprint density at radius 1 is 1.37 bits per heavy atom. The number of rotatable bonds is 5. The van der Waals surface area contributed by atoms with E-state index in [2.05, 4.69) is 16.3 Å². The Labute approximate surface area is 120 Å². The van der Waals surface area contributed by atoms with E-state index in [0.29, 0.717) is 11.6 Å². The molecular formula is C13H13ClN2O2S. The molecule has 0 aliphatic heterocycles. The van der Waals surface area contributed by atoms with Crippen molar-refractivity contribution >= 4 is 28.6 Å². The highest BCUT2D eigenvalue weighted by atomic mass is 35.5. The number of hydrogen-bond acceptors (Lipinski definition) is 4. The van der Waals surface area contributed by atoms with E-state index in [1.54, 1.807) is 17.4 Å². The summed E-state index contributed by atoms with van der Waals surface area (Å²) in [6.45, 7) is 1.37. The lowest BCUT2D eigenvalue weighted by Gasteiger charge is -2.16. The molecule has 2 rings (SSSR count). The lowest BCUT2D eigenvalue weighted by molar-refractivity contribution is -0.384. The van der Waals surface area contributed by atoms with Gasteiger partial charge < -0.3 is 0 Å². The van der Waals surface area contributed by atoms with Crippen molar-refractivity contribution in [3.8, 4) is 0 Å². The molecule has 0 saturated carbocycles. The predicted octanol–water partition coefficient (Wildman–Crippen LogP) is 3.94. The molecule has 0 saturated heterocycles. The van der Waals surface area contributed by atoms with Gasteiger partial charge in [0.2, 0.25) is 0 Å². The van der Waals surface area contributed by atoms with Crippen LogP contribution in [-0.2, 0) is 13.1 Å². The molecule has 0 fully saturated rings. The van der Waals surface area contributed by atoms with Gasteiger partial charge in [0.25, 0.3) is 5.69 Å². The molecule has 0 amide bonds. The van der Waals surface area contributed by atoms with Crippen LogP contribution in [0.1, 0.15) is 11.1 Å². The Morgan fingerprint density at radius 3 is 2.79 bits per heavy atom. The predicted molar refractivity (Wildman–Crippen MR) is 77.6 cm³/mol. The molecule has 100 valence electrons. The highest BCUT2D eigenvalue weighted by molar-refractivity contribution is 7.07. The maximum atomic E-state index is 10.8. The smallest absolute Gasteiger partial charge is 0.269 e. The molecular weight excluding hydrogens is 284 g/mol. The third-order valence-electron chi connectivity index (χ3n) is 2.71. The van der Waals surface area contributed by atoms with Gasteiger partial charge in [-0.3, -0.25) is 15.0 Å². The lowest BCUT2D eigenvalue weighted by Crippen LogP contribution is -2.17. The summed E-state index contributed by atoms with van der Waals surface area (Å²) in [5.74, 6) is 0. The lowest BCUT2D eigenvalue weighted by atomic mass is 10.2. The Bertz CT molecular complexity index is 572. The number of halogens is 1. The van der Waals surface area contributed by atoms with Crippen LogP contribution in [0.2, 0.25) is 5.02 Å². The quantitative estimate of drug-likeness (QED) is 0.620. The molecule has 0 radical (unpaired) electrons. The van der Waals surface area contributed by atoms with Gasteiger partial charge in [0.15, 0.2) is 0 Å². The molecule has 6 heteroatoms. The first-order chi connectivity index (χ1) is 9.06. The number of nitro groups is 1. The SMILES string of the molecule is CN(Cc1ccsc1)Cc1cc([N+](=O)[O-])ccc1Cl. The fourth-order valence-corrected chi connectivity index (χ4v) is 2.67. The molecule has 0 unspecified atom stereocenters. The molecule has 0 atom stereocenters. The average Bonchev–Trinajstić information content (AvgIpc) is 2.84. The average molecular weight is 297 g/mol. The van der Waals surface area contributed by atoms with Crippen LogP contribution in [0, 0.1) is 10.1 Å². The van der Waals surface area contributed by atoms with Gasteiger partial charge in [-0.25, -0.2) is 0 Å². The first-order valence-electron chi connectivity index (χ1n) is 5.68. The van der Waals surface area contributed by atoms with Gasteiger partial charge in [0, 0.05) is 30.2 Å². The van der Waals surface area contributed by atoms with Crippen LogP contribution in [0.3, 0.4) is 0 Å². The molecule has 0 N–H and O–H groups in total. The molecule has 0 bridgehead atoms. The minimum atomic E-state index is -0.404. The minimum Gasteiger partial charge on any atom is -0.298 e. The zero-order valence-corrected chi connectivity index (χ0v) is 11.9. The number of benzene rings is 1. The van der Waals surface area contributed by atoms with E-state index in [1.807, 2.05) is 12.4 Å². The third kappa shape index (κ3) is 3.76. The van der Waals surface area contributed by atoms with Crippen molar-refractivity contribution < 1.29 is 4.92 Å². The van der Waals surface area contributed by atoms with Gasteiger partial charge in [-0.2, -0.15) is 11.3 Å². The number of non-ortho nitro benzene ring substituents is 1. The minimum absolute atomic E-state index is 0.0725. The summed E-state index contributed by atoms with van der Waals surface area (Å²) in [5, 5.41) is 15.4. The molecule has 0 aliphatic carbocycles. The van der Waals surface area contributed by atoms with Crippen molar-refractivity contribution in [1.82, 2.24) is 4.90 Å². The van der Waals surface area contributed by atoms with Gasteiger partial charge in [0.1, 0.15) is 0 Å². The van der Waals surface area contributed by atoms with Gasteiger partial charge in [-0.1, -0.05) is 11.6 Å². The summed E-state index contributed by atoms with van der Waals surface area (Å²) in [5.41, 5.74) is 2.07. The van der Waals surface area contributed by atoms with Crippen LogP contribution < -0.4 is 0 Å². The van der Waals surface area contributed by atoms with E-state index in [0.717, 1.165) is 12.1 Å². The van der Waals surface area contributed by atoms with E-state index in [-0.39, 0.29) is 5.69 Å². The van der Waals surface area contributed by atoms with Crippen LogP contribution >= 0.6 is 22.9 Å². The summed E-state index contributed by atoms with van der Waals surface area (Å²) in [6, 6.07) is 6.60. The maximum absolute atomic E-state index is 10.8. The van der Waals surface area contributed by atoms with E-state index in [1.165, 1.54) is 17.7 Å². The normalized spacial score (nSPS) is 10.9. The second kappa shape index (κ2) is 6.14. The fraction of sp³-hybridized carbons (Fsp3) is 0.231. The molecule has 2 aromatic rings. The summed E-state index contributed by atoms with van der Waals surface area (Å²) in [7, 11) is 1.97. The Kier molecular flexibility index (Phi) is 4.52. The topological polar surface area (TPSA) is 46.4 Å². The van der Waals surface area contributed by atoms with Crippen LogP contribution in [0.15, 0.2) is 35.0 Å². The molecule has 1 aromatic heterocycles. The highest BCUT2D eigenvalue weighted by Gasteiger charge is 2.11. The summed E-state index contributed by atoms with van der Waals surface area (Å²) < 4.78 is 0. The molecule has 1 heterocycles. The third-order valence-corrected chi connectivity index (χ3v) is 3.81. The molecule has 0 spiro atoms. The van der Waals surface area contributed by atoms with E-state index in [9.17, 15) is 10.1 Å². The number of hydrogen-bond donors (Lipinski definition) is 0. The molecule has 19 heavy (non-hydrogen) atoms. The van der Waals surface area contributed by atoms with Crippen LogP contribution in [0.25, 0.3) is 0 Å². The fourth-order valence-electron chi connectivity index (χ4n) is 1.84. The molecule has 4 nitrogen and oxygen atoms in total. The van der Waals surface area contributed by atoms with Gasteiger partial charge in [-0.15, -0.1) is 0 Å². The Morgan fingerprint density at radius 2 is 2.16 bits per heavy atom. The summed E-state index contributed by atoms with van der Waals surface area (Å²) >= 11 is 7.73. The first-order valence-corrected chi connectivity index (χ1v) is 7.01. The number of nitrogens with zero attached hydrogens (tertiary/aromatic N) is 2. The Balaban J connectivity index is 2.09. The van der Waals surface area contributed by atoms with Crippen molar-refractivity contribution in [3.05, 3.63) is 61.3 Å². The monoisotopic (exact) mass is 296 g/mol. The molecule has 0 aliphatic rings. The maximum Gasteiger partial charge on any atom is 0.269 e. The first kappa shape index (κ1) is 14.0. The van der Waals surface area contributed by atoms with E-state index < -0.39 is 4.92 Å².